The van der Waals surface area contributed by atoms with Gasteiger partial charge in [-0.05, 0) is 35.9 Å². The highest BCUT2D eigenvalue weighted by Gasteiger charge is 2.19. The molecule has 2 heterocycles. The van der Waals surface area contributed by atoms with Gasteiger partial charge in [-0.15, -0.1) is 0 Å². The number of benzene rings is 2. The van der Waals surface area contributed by atoms with Crippen molar-refractivity contribution in [3.05, 3.63) is 52.5 Å². The quantitative estimate of drug-likeness (QED) is 0.578. The highest BCUT2D eigenvalue weighted by atomic mass is 16.5. The van der Waals surface area contributed by atoms with Gasteiger partial charge in [0.05, 0.1) is 49.8 Å². The average molecular weight is 453 g/mol. The Bertz CT molecular complexity index is 1270. The van der Waals surface area contributed by atoms with Gasteiger partial charge in [0.25, 0.3) is 0 Å². The molecule has 0 radical (unpaired) electrons. The summed E-state index contributed by atoms with van der Waals surface area (Å²) in [6, 6.07) is 9.24. The first-order chi connectivity index (χ1) is 15.9. The second-order valence-corrected chi connectivity index (χ2v) is 7.80. The Labute approximate surface area is 191 Å². The maximum Gasteiger partial charge on any atom is 0.328 e. The lowest BCUT2D eigenvalue weighted by atomic mass is 10.1. The van der Waals surface area contributed by atoms with Gasteiger partial charge in [-0.1, -0.05) is 6.07 Å². The normalized spacial score (nSPS) is 14.1. The number of ether oxygens (including phenoxy) is 3. The average Bonchev–Trinajstić information content (AvgIpc) is 3.05. The number of nitrogens with one attached hydrogen (secondary N) is 1. The third kappa shape index (κ3) is 4.45. The number of rotatable bonds is 6. The van der Waals surface area contributed by atoms with E-state index in [1.54, 1.807) is 55.7 Å². The van der Waals surface area contributed by atoms with Crippen LogP contribution in [0.1, 0.15) is 5.56 Å². The van der Waals surface area contributed by atoms with Crippen LogP contribution in [0.3, 0.4) is 0 Å². The van der Waals surface area contributed by atoms with Crippen molar-refractivity contribution in [3.63, 3.8) is 0 Å². The number of nitrogens with zero attached hydrogens (tertiary/aromatic N) is 3. The molecule has 33 heavy (non-hydrogen) atoms. The smallest absolute Gasteiger partial charge is 0.328 e. The standard InChI is InChI=1S/C24H28N4O5/c1-26-19-14-17(18(28-9-11-33-12-10-28)15-20(19)27(2)24(26)30)25-23(29)8-6-16-5-7-21(31-3)22(13-16)32-4/h5-8,13-15H,9-12H2,1-4H3,(H,25,29). The number of hydrogen-bond donors (Lipinski definition) is 1. The maximum absolute atomic E-state index is 12.8. The molecule has 4 rings (SSSR count). The van der Waals surface area contributed by atoms with Gasteiger partial charge in [0.1, 0.15) is 0 Å². The molecule has 0 unspecified atom stereocenters. The van der Waals surface area contributed by atoms with Gasteiger partial charge in [0.2, 0.25) is 5.91 Å². The molecule has 3 aromatic rings. The molecule has 2 aromatic carbocycles. The van der Waals surface area contributed by atoms with Crippen molar-refractivity contribution in [2.45, 2.75) is 0 Å². The van der Waals surface area contributed by atoms with Gasteiger partial charge >= 0.3 is 5.69 Å². The first-order valence-corrected chi connectivity index (χ1v) is 10.7. The van der Waals surface area contributed by atoms with Gasteiger partial charge in [-0.2, -0.15) is 0 Å². The molecule has 0 aliphatic carbocycles. The lowest BCUT2D eigenvalue weighted by molar-refractivity contribution is -0.111. The van der Waals surface area contributed by atoms with Gasteiger partial charge in [0.15, 0.2) is 11.5 Å². The summed E-state index contributed by atoms with van der Waals surface area (Å²) >= 11 is 0. The maximum atomic E-state index is 12.8. The van der Waals surface area contributed by atoms with Crippen molar-refractivity contribution in [2.24, 2.45) is 14.1 Å². The Morgan fingerprint density at radius 1 is 1.00 bits per heavy atom. The van der Waals surface area contributed by atoms with Crippen molar-refractivity contribution in [1.82, 2.24) is 9.13 Å². The second-order valence-electron chi connectivity index (χ2n) is 7.80. The van der Waals surface area contributed by atoms with Crippen LogP contribution in [0, 0.1) is 0 Å². The number of morpholine rings is 1. The highest BCUT2D eigenvalue weighted by molar-refractivity contribution is 6.05. The Hall–Kier alpha value is -3.72. The third-order valence-corrected chi connectivity index (χ3v) is 5.83. The Kier molecular flexibility index (Phi) is 6.41. The van der Waals surface area contributed by atoms with E-state index in [1.807, 2.05) is 18.2 Å². The molecular formula is C24H28N4O5. The van der Waals surface area contributed by atoms with E-state index in [0.29, 0.717) is 43.5 Å². The molecule has 0 spiro atoms. The molecular weight excluding hydrogens is 424 g/mol. The summed E-state index contributed by atoms with van der Waals surface area (Å²) in [6.45, 7) is 2.63. The number of carbonyl (C=O) groups is 1. The minimum Gasteiger partial charge on any atom is -0.493 e. The number of anilines is 2. The number of aromatic nitrogens is 2. The van der Waals surface area contributed by atoms with Crippen LogP contribution in [0.5, 0.6) is 11.5 Å². The summed E-state index contributed by atoms with van der Waals surface area (Å²) < 4.78 is 19.2. The molecule has 1 amide bonds. The summed E-state index contributed by atoms with van der Waals surface area (Å²) in [5, 5.41) is 2.99. The van der Waals surface area contributed by atoms with Crippen molar-refractivity contribution in [1.29, 1.82) is 0 Å². The summed E-state index contributed by atoms with van der Waals surface area (Å²) in [5.74, 6) is 0.931. The molecule has 1 aromatic heterocycles. The van der Waals surface area contributed by atoms with Crippen LogP contribution in [0.4, 0.5) is 11.4 Å². The zero-order chi connectivity index (χ0) is 23.5. The molecule has 0 saturated carbocycles. The largest absolute Gasteiger partial charge is 0.493 e. The minimum absolute atomic E-state index is 0.116. The number of fused-ring (bicyclic) bond motifs is 1. The van der Waals surface area contributed by atoms with E-state index in [9.17, 15) is 9.59 Å². The molecule has 1 N–H and O–H groups in total. The van der Waals surface area contributed by atoms with Crippen LogP contribution in [-0.4, -0.2) is 55.6 Å². The van der Waals surface area contributed by atoms with Crippen LogP contribution in [-0.2, 0) is 23.6 Å². The topological polar surface area (TPSA) is 87.0 Å². The Balaban J connectivity index is 1.65. The van der Waals surface area contributed by atoms with Crippen molar-refractivity contribution < 1.29 is 19.0 Å². The van der Waals surface area contributed by atoms with Crippen LogP contribution >= 0.6 is 0 Å². The molecule has 1 saturated heterocycles. The highest BCUT2D eigenvalue weighted by Crippen LogP contribution is 2.32. The SMILES string of the molecule is COc1ccc(C=CC(=O)Nc2cc3c(cc2N2CCOCC2)n(C)c(=O)n3C)cc1OC. The number of hydrogen-bond acceptors (Lipinski definition) is 6. The molecule has 1 aliphatic heterocycles. The number of amides is 1. The van der Waals surface area contributed by atoms with E-state index in [0.717, 1.165) is 22.3 Å². The predicted octanol–water partition coefficient (Wildman–Crippen LogP) is 2.38. The third-order valence-electron chi connectivity index (χ3n) is 5.83. The molecule has 0 atom stereocenters. The van der Waals surface area contributed by atoms with E-state index < -0.39 is 0 Å². The summed E-state index contributed by atoms with van der Waals surface area (Å²) in [6.07, 6.45) is 3.18. The van der Waals surface area contributed by atoms with Gasteiger partial charge < -0.3 is 24.4 Å². The van der Waals surface area contributed by atoms with Crippen molar-refractivity contribution >= 4 is 34.4 Å². The van der Waals surface area contributed by atoms with Crippen molar-refractivity contribution in [2.75, 3.05) is 50.7 Å². The first-order valence-electron chi connectivity index (χ1n) is 10.7. The van der Waals surface area contributed by atoms with E-state index in [1.165, 1.54) is 6.08 Å². The minimum atomic E-state index is -0.278. The first kappa shape index (κ1) is 22.5. The lowest BCUT2D eigenvalue weighted by Crippen LogP contribution is -2.36. The number of methoxy groups -OCH3 is 2. The predicted molar refractivity (Wildman–Crippen MR) is 128 cm³/mol. The van der Waals surface area contributed by atoms with Crippen LogP contribution < -0.4 is 25.4 Å². The van der Waals surface area contributed by atoms with E-state index >= 15 is 0 Å². The van der Waals surface area contributed by atoms with Crippen LogP contribution in [0.2, 0.25) is 0 Å². The van der Waals surface area contributed by atoms with E-state index in [-0.39, 0.29) is 11.6 Å². The van der Waals surface area contributed by atoms with Crippen LogP contribution in [0.25, 0.3) is 17.1 Å². The number of imidazole rings is 1. The van der Waals surface area contributed by atoms with Gasteiger partial charge in [0, 0.05) is 33.3 Å². The lowest BCUT2D eigenvalue weighted by Gasteiger charge is -2.30. The zero-order valence-corrected chi connectivity index (χ0v) is 19.3. The molecule has 1 fully saturated rings. The van der Waals surface area contributed by atoms with E-state index in [4.69, 9.17) is 14.2 Å². The summed E-state index contributed by atoms with van der Waals surface area (Å²) in [4.78, 5) is 27.4. The van der Waals surface area contributed by atoms with E-state index in [2.05, 4.69) is 10.2 Å². The Morgan fingerprint density at radius 2 is 1.67 bits per heavy atom. The molecule has 0 bridgehead atoms. The van der Waals surface area contributed by atoms with Crippen molar-refractivity contribution in [3.8, 4) is 11.5 Å². The number of aryl methyl sites for hydroxylation is 2. The monoisotopic (exact) mass is 452 g/mol. The van der Waals surface area contributed by atoms with Crippen LogP contribution in [0.15, 0.2) is 41.2 Å². The molecule has 9 heteroatoms. The number of carbonyl (C=O) groups excluding carboxylic acids is 1. The fraction of sp³-hybridized carbons (Fsp3) is 0.333. The molecule has 9 nitrogen and oxygen atoms in total. The fourth-order valence-electron chi connectivity index (χ4n) is 4.00. The second kappa shape index (κ2) is 9.41. The summed E-state index contributed by atoms with van der Waals surface area (Å²) in [7, 11) is 6.62. The zero-order valence-electron chi connectivity index (χ0n) is 19.3. The molecule has 1 aliphatic rings. The van der Waals surface area contributed by atoms with Gasteiger partial charge in [-0.25, -0.2) is 4.79 Å². The summed E-state index contributed by atoms with van der Waals surface area (Å²) in [5.41, 5.74) is 3.75. The van der Waals surface area contributed by atoms with Gasteiger partial charge in [-0.3, -0.25) is 13.9 Å². The fourth-order valence-corrected chi connectivity index (χ4v) is 4.00. The Morgan fingerprint density at radius 3 is 2.33 bits per heavy atom. The molecule has 174 valence electrons.